The fourth-order valence-electron chi connectivity index (χ4n) is 3.77. The van der Waals surface area contributed by atoms with Gasteiger partial charge in [-0.15, -0.1) is 0 Å². The second-order valence-electron chi connectivity index (χ2n) is 7.00. The van der Waals surface area contributed by atoms with Crippen molar-refractivity contribution in [3.05, 3.63) is 59.9 Å². The van der Waals surface area contributed by atoms with Crippen molar-refractivity contribution >= 4 is 16.9 Å². The molecule has 8 nitrogen and oxygen atoms in total. The third-order valence-corrected chi connectivity index (χ3v) is 5.21. The molecule has 8 heteroatoms. The number of carbonyl (C=O) groups excluding carboxylic acids is 1. The molecule has 2 aromatic carbocycles. The summed E-state index contributed by atoms with van der Waals surface area (Å²) in [5, 5.41) is 18.2. The van der Waals surface area contributed by atoms with Gasteiger partial charge in [-0.1, -0.05) is 36.4 Å². The molecule has 1 aliphatic rings. The minimum Gasteiger partial charge on any atom is -0.338 e. The summed E-state index contributed by atoms with van der Waals surface area (Å²) in [5.74, 6) is 1.63. The predicted molar refractivity (Wildman–Crippen MR) is 104 cm³/mol. The molecule has 1 fully saturated rings. The van der Waals surface area contributed by atoms with Crippen LogP contribution in [0.1, 0.15) is 34.9 Å². The quantitative estimate of drug-likeness (QED) is 0.575. The van der Waals surface area contributed by atoms with Gasteiger partial charge in [0.1, 0.15) is 16.9 Å². The molecule has 1 unspecified atom stereocenters. The van der Waals surface area contributed by atoms with Gasteiger partial charge >= 0.3 is 0 Å². The van der Waals surface area contributed by atoms with Gasteiger partial charge in [-0.05, 0) is 25.0 Å². The number of piperidine rings is 1. The van der Waals surface area contributed by atoms with E-state index in [-0.39, 0.29) is 11.8 Å². The molecule has 1 amide bonds. The molecule has 2 aromatic heterocycles. The van der Waals surface area contributed by atoms with Crippen LogP contribution in [0.3, 0.4) is 0 Å². The molecule has 0 saturated carbocycles. The lowest BCUT2D eigenvalue weighted by atomic mass is 9.96. The Kier molecular flexibility index (Phi) is 4.08. The van der Waals surface area contributed by atoms with Crippen molar-refractivity contribution < 1.29 is 4.79 Å². The molecule has 140 valence electrons. The fourth-order valence-corrected chi connectivity index (χ4v) is 3.77. The minimum absolute atomic E-state index is 0.0213. The lowest BCUT2D eigenvalue weighted by molar-refractivity contribution is 0.0706. The van der Waals surface area contributed by atoms with Gasteiger partial charge in [-0.3, -0.25) is 9.89 Å². The average molecular weight is 373 g/mol. The second-order valence-corrected chi connectivity index (χ2v) is 7.00. The minimum atomic E-state index is -0.0213. The standard InChI is InChI=1S/C20H19N7O/c28-20(15-9-4-10-16-17(15)23-26-22-16)27-11-5-8-14(12-27)19-21-18(24-25-19)13-6-2-1-3-7-13/h1-4,6-7,9-10,14H,5,8,11-12H2,(H,21,24,25)(H,22,23,26). The molecule has 5 rings (SSSR count). The van der Waals surface area contributed by atoms with Crippen LogP contribution in [0.25, 0.3) is 22.4 Å². The monoisotopic (exact) mass is 373 g/mol. The number of rotatable bonds is 3. The number of fused-ring (bicyclic) bond motifs is 1. The van der Waals surface area contributed by atoms with Crippen molar-refractivity contribution in [3.8, 4) is 11.4 Å². The number of aromatic nitrogens is 6. The molecule has 4 aromatic rings. The van der Waals surface area contributed by atoms with E-state index in [1.54, 1.807) is 6.07 Å². The highest BCUT2D eigenvalue weighted by atomic mass is 16.2. The van der Waals surface area contributed by atoms with Crippen molar-refractivity contribution in [1.29, 1.82) is 0 Å². The Labute approximate surface area is 161 Å². The first kappa shape index (κ1) is 16.6. The number of likely N-dealkylation sites (tertiary alicyclic amines) is 1. The van der Waals surface area contributed by atoms with E-state index >= 15 is 0 Å². The number of para-hydroxylation sites is 1. The van der Waals surface area contributed by atoms with E-state index in [4.69, 9.17) is 0 Å². The highest BCUT2D eigenvalue weighted by molar-refractivity contribution is 6.04. The van der Waals surface area contributed by atoms with Gasteiger partial charge < -0.3 is 4.90 Å². The zero-order chi connectivity index (χ0) is 18.9. The lowest BCUT2D eigenvalue weighted by Gasteiger charge is -2.31. The zero-order valence-electron chi connectivity index (χ0n) is 15.2. The number of amides is 1. The van der Waals surface area contributed by atoms with Crippen molar-refractivity contribution in [1.82, 2.24) is 35.5 Å². The Morgan fingerprint density at radius 1 is 1.04 bits per heavy atom. The van der Waals surface area contributed by atoms with Crippen molar-refractivity contribution in [2.45, 2.75) is 18.8 Å². The molecule has 0 bridgehead atoms. The van der Waals surface area contributed by atoms with E-state index in [2.05, 4.69) is 30.6 Å². The molecule has 0 spiro atoms. The van der Waals surface area contributed by atoms with Gasteiger partial charge in [0.15, 0.2) is 5.82 Å². The molecule has 2 N–H and O–H groups in total. The van der Waals surface area contributed by atoms with E-state index in [9.17, 15) is 4.79 Å². The summed E-state index contributed by atoms with van der Waals surface area (Å²) in [7, 11) is 0. The number of carbonyl (C=O) groups is 1. The number of nitrogens with zero attached hydrogens (tertiary/aromatic N) is 5. The van der Waals surface area contributed by atoms with Gasteiger partial charge in [0.25, 0.3) is 5.91 Å². The molecule has 1 saturated heterocycles. The Balaban J connectivity index is 1.37. The molecule has 28 heavy (non-hydrogen) atoms. The first-order chi connectivity index (χ1) is 13.8. The Morgan fingerprint density at radius 3 is 2.82 bits per heavy atom. The highest BCUT2D eigenvalue weighted by Gasteiger charge is 2.29. The number of benzene rings is 2. The summed E-state index contributed by atoms with van der Waals surface area (Å²) in [4.78, 5) is 19.7. The van der Waals surface area contributed by atoms with Crippen LogP contribution in [0, 0.1) is 0 Å². The van der Waals surface area contributed by atoms with Crippen LogP contribution in [-0.4, -0.2) is 54.5 Å². The average Bonchev–Trinajstić information content (AvgIpc) is 3.43. The zero-order valence-corrected chi connectivity index (χ0v) is 15.2. The predicted octanol–water partition coefficient (Wildman–Crippen LogP) is 2.76. The normalized spacial score (nSPS) is 17.1. The van der Waals surface area contributed by atoms with Crippen LogP contribution in [0.4, 0.5) is 0 Å². The van der Waals surface area contributed by atoms with E-state index in [1.165, 1.54) is 0 Å². The van der Waals surface area contributed by atoms with Gasteiger partial charge in [-0.25, -0.2) is 4.98 Å². The second kappa shape index (κ2) is 6.88. The maximum atomic E-state index is 13.1. The van der Waals surface area contributed by atoms with Crippen molar-refractivity contribution in [3.63, 3.8) is 0 Å². The Bertz CT molecular complexity index is 1120. The molecule has 0 aliphatic carbocycles. The van der Waals surface area contributed by atoms with Crippen LogP contribution in [0.5, 0.6) is 0 Å². The number of hydrogen-bond acceptors (Lipinski definition) is 5. The number of nitrogens with one attached hydrogen (secondary N) is 2. The maximum Gasteiger partial charge on any atom is 0.256 e. The summed E-state index contributed by atoms with van der Waals surface area (Å²) in [5.41, 5.74) is 2.86. The smallest absolute Gasteiger partial charge is 0.256 e. The number of H-pyrrole nitrogens is 2. The van der Waals surface area contributed by atoms with Gasteiger partial charge in [0.2, 0.25) is 0 Å². The number of aromatic amines is 2. The van der Waals surface area contributed by atoms with E-state index < -0.39 is 0 Å². The topological polar surface area (TPSA) is 103 Å². The Morgan fingerprint density at radius 2 is 1.93 bits per heavy atom. The highest BCUT2D eigenvalue weighted by Crippen LogP contribution is 2.27. The summed E-state index contributed by atoms with van der Waals surface area (Å²) < 4.78 is 0. The fraction of sp³-hybridized carbons (Fsp3) is 0.250. The van der Waals surface area contributed by atoms with Crippen LogP contribution in [-0.2, 0) is 0 Å². The summed E-state index contributed by atoms with van der Waals surface area (Å²) >= 11 is 0. The van der Waals surface area contributed by atoms with Gasteiger partial charge in [0, 0.05) is 24.6 Å². The Hall–Kier alpha value is -3.55. The summed E-state index contributed by atoms with van der Waals surface area (Å²) in [6.45, 7) is 1.33. The molecular weight excluding hydrogens is 354 g/mol. The van der Waals surface area contributed by atoms with Crippen LogP contribution in [0.2, 0.25) is 0 Å². The summed E-state index contributed by atoms with van der Waals surface area (Å²) in [6.07, 6.45) is 1.90. The van der Waals surface area contributed by atoms with E-state index in [1.807, 2.05) is 47.4 Å². The third-order valence-electron chi connectivity index (χ3n) is 5.21. The third kappa shape index (κ3) is 2.92. The van der Waals surface area contributed by atoms with Crippen molar-refractivity contribution in [2.24, 2.45) is 0 Å². The van der Waals surface area contributed by atoms with E-state index in [0.29, 0.717) is 29.0 Å². The molecule has 1 aliphatic heterocycles. The first-order valence-corrected chi connectivity index (χ1v) is 9.36. The summed E-state index contributed by atoms with van der Waals surface area (Å²) in [6, 6.07) is 15.4. The van der Waals surface area contributed by atoms with Crippen LogP contribution >= 0.6 is 0 Å². The molecule has 3 heterocycles. The van der Waals surface area contributed by atoms with Gasteiger partial charge in [0.05, 0.1) is 5.56 Å². The number of hydrogen-bond donors (Lipinski definition) is 2. The SMILES string of the molecule is O=C(c1cccc2n[nH]nc12)N1CCCC(c2nc(-c3ccccc3)n[nH]2)C1. The molecular formula is C20H19N7O. The van der Waals surface area contributed by atoms with E-state index in [0.717, 1.165) is 30.8 Å². The maximum absolute atomic E-state index is 13.1. The molecule has 0 radical (unpaired) electrons. The molecule has 1 atom stereocenters. The van der Waals surface area contributed by atoms with Crippen molar-refractivity contribution in [2.75, 3.05) is 13.1 Å². The van der Waals surface area contributed by atoms with Crippen LogP contribution < -0.4 is 0 Å². The largest absolute Gasteiger partial charge is 0.338 e. The first-order valence-electron chi connectivity index (χ1n) is 9.36. The lowest BCUT2D eigenvalue weighted by Crippen LogP contribution is -2.39. The van der Waals surface area contributed by atoms with Gasteiger partial charge in [-0.2, -0.15) is 20.5 Å². The van der Waals surface area contributed by atoms with Crippen LogP contribution in [0.15, 0.2) is 48.5 Å².